The van der Waals surface area contributed by atoms with Crippen LogP contribution in [0.15, 0.2) is 24.3 Å². The SMILES string of the molecule is NC=O.Nc1ccccc1C(=O)CC(N)C(=O)O. The van der Waals surface area contributed by atoms with Gasteiger partial charge in [-0.25, -0.2) is 0 Å². The van der Waals surface area contributed by atoms with Crippen molar-refractivity contribution in [3.63, 3.8) is 0 Å². The Hall–Kier alpha value is -2.41. The Bertz CT molecular complexity index is 434. The summed E-state index contributed by atoms with van der Waals surface area (Å²) in [7, 11) is 0. The molecule has 0 aromatic heterocycles. The van der Waals surface area contributed by atoms with Crippen LogP contribution >= 0.6 is 0 Å². The summed E-state index contributed by atoms with van der Waals surface area (Å²) in [5.41, 5.74) is 15.6. The zero-order valence-electron chi connectivity index (χ0n) is 9.58. The van der Waals surface area contributed by atoms with Crippen LogP contribution in [0.1, 0.15) is 16.8 Å². The maximum atomic E-state index is 11.6. The summed E-state index contributed by atoms with van der Waals surface area (Å²) < 4.78 is 0. The molecule has 1 unspecified atom stereocenters. The summed E-state index contributed by atoms with van der Waals surface area (Å²) in [6.07, 6.45) is 0.00352. The first-order valence-corrected chi connectivity index (χ1v) is 4.95. The van der Waals surface area contributed by atoms with Crippen LogP contribution < -0.4 is 17.2 Å². The molecule has 0 aliphatic carbocycles. The number of benzene rings is 1. The van der Waals surface area contributed by atoms with Crippen molar-refractivity contribution in [3.05, 3.63) is 29.8 Å². The number of carbonyl (C=O) groups excluding carboxylic acids is 2. The molecule has 0 saturated carbocycles. The minimum atomic E-state index is -1.20. The third kappa shape index (κ3) is 5.08. The lowest BCUT2D eigenvalue weighted by molar-refractivity contribution is -0.138. The van der Waals surface area contributed by atoms with Crippen molar-refractivity contribution in [1.82, 2.24) is 0 Å². The third-order valence-electron chi connectivity index (χ3n) is 1.98. The molecule has 0 radical (unpaired) electrons. The second-order valence-corrected chi connectivity index (χ2v) is 3.30. The maximum Gasteiger partial charge on any atom is 0.320 e. The van der Waals surface area contributed by atoms with E-state index in [1.165, 1.54) is 0 Å². The summed E-state index contributed by atoms with van der Waals surface area (Å²) in [4.78, 5) is 30.6. The van der Waals surface area contributed by atoms with Gasteiger partial charge in [-0.3, -0.25) is 14.4 Å². The third-order valence-corrected chi connectivity index (χ3v) is 1.98. The zero-order valence-corrected chi connectivity index (χ0v) is 9.58. The molecule has 0 fully saturated rings. The molecular weight excluding hydrogens is 238 g/mol. The molecule has 7 N–H and O–H groups in total. The van der Waals surface area contributed by atoms with Crippen molar-refractivity contribution in [3.8, 4) is 0 Å². The number of para-hydroxylation sites is 1. The first-order valence-electron chi connectivity index (χ1n) is 4.95. The van der Waals surface area contributed by atoms with E-state index in [-0.39, 0.29) is 18.6 Å². The average Bonchev–Trinajstić information content (AvgIpc) is 2.30. The summed E-state index contributed by atoms with van der Waals surface area (Å²) in [5.74, 6) is -1.55. The number of rotatable bonds is 4. The van der Waals surface area contributed by atoms with Gasteiger partial charge in [-0.2, -0.15) is 0 Å². The van der Waals surface area contributed by atoms with Gasteiger partial charge in [-0.1, -0.05) is 12.1 Å². The summed E-state index contributed by atoms with van der Waals surface area (Å²) in [6, 6.07) is 5.31. The van der Waals surface area contributed by atoms with Gasteiger partial charge in [-0.05, 0) is 12.1 Å². The van der Waals surface area contributed by atoms with Crippen LogP contribution in [-0.4, -0.2) is 29.3 Å². The van der Waals surface area contributed by atoms with Gasteiger partial charge in [0, 0.05) is 17.7 Å². The number of primary amides is 1. The highest BCUT2D eigenvalue weighted by Gasteiger charge is 2.18. The number of hydrogen-bond acceptors (Lipinski definition) is 5. The molecule has 18 heavy (non-hydrogen) atoms. The van der Waals surface area contributed by atoms with E-state index in [4.69, 9.17) is 21.4 Å². The molecule has 0 saturated heterocycles. The van der Waals surface area contributed by atoms with Gasteiger partial charge in [0.1, 0.15) is 6.04 Å². The quantitative estimate of drug-likeness (QED) is 0.318. The molecule has 1 aromatic carbocycles. The number of anilines is 1. The standard InChI is InChI=1S/C10H12N2O3.CH3NO/c11-7-4-2-1-3-6(7)9(13)5-8(12)10(14)15;2-1-3/h1-4,8H,5,11-12H2,(H,14,15);1H,(H2,2,3). The Morgan fingerprint density at radius 1 is 1.33 bits per heavy atom. The average molecular weight is 253 g/mol. The van der Waals surface area contributed by atoms with Crippen LogP contribution in [0.5, 0.6) is 0 Å². The van der Waals surface area contributed by atoms with Gasteiger partial charge in [0.25, 0.3) is 0 Å². The lowest BCUT2D eigenvalue weighted by Gasteiger charge is -2.07. The highest BCUT2D eigenvalue weighted by Crippen LogP contribution is 2.13. The number of aliphatic carboxylic acids is 1. The van der Waals surface area contributed by atoms with Crippen molar-refractivity contribution in [1.29, 1.82) is 0 Å². The fourth-order valence-electron chi connectivity index (χ4n) is 1.15. The smallest absolute Gasteiger partial charge is 0.320 e. The number of nitrogens with two attached hydrogens (primary N) is 3. The second-order valence-electron chi connectivity index (χ2n) is 3.30. The second kappa shape index (κ2) is 7.80. The number of hydrogen-bond donors (Lipinski definition) is 4. The predicted octanol–water partition coefficient (Wildman–Crippen LogP) is -0.645. The number of ketones is 1. The van der Waals surface area contributed by atoms with Gasteiger partial charge in [0.2, 0.25) is 6.41 Å². The van der Waals surface area contributed by atoms with E-state index >= 15 is 0 Å². The van der Waals surface area contributed by atoms with Gasteiger partial charge in [-0.15, -0.1) is 0 Å². The maximum absolute atomic E-state index is 11.6. The molecule has 1 aromatic rings. The van der Waals surface area contributed by atoms with Crippen LogP contribution in [0.3, 0.4) is 0 Å². The minimum Gasteiger partial charge on any atom is -0.480 e. The Morgan fingerprint density at radius 3 is 2.28 bits per heavy atom. The Kier molecular flexibility index (Phi) is 6.75. The Labute approximate surface area is 104 Å². The van der Waals surface area contributed by atoms with Crippen molar-refractivity contribution in [2.75, 3.05) is 5.73 Å². The van der Waals surface area contributed by atoms with Crippen LogP contribution in [0.4, 0.5) is 5.69 Å². The van der Waals surface area contributed by atoms with E-state index in [0.717, 1.165) is 0 Å². The van der Waals surface area contributed by atoms with E-state index in [0.29, 0.717) is 11.3 Å². The van der Waals surface area contributed by atoms with Gasteiger partial charge >= 0.3 is 5.97 Å². The first-order chi connectivity index (χ1) is 8.43. The molecule has 0 bridgehead atoms. The van der Waals surface area contributed by atoms with Gasteiger partial charge in [0.05, 0.1) is 0 Å². The van der Waals surface area contributed by atoms with E-state index in [1.54, 1.807) is 24.3 Å². The summed E-state index contributed by atoms with van der Waals surface area (Å²) in [5, 5.41) is 8.54. The number of carbonyl (C=O) groups is 3. The van der Waals surface area contributed by atoms with E-state index in [2.05, 4.69) is 5.73 Å². The molecule has 98 valence electrons. The molecule has 0 spiro atoms. The van der Waals surface area contributed by atoms with Crippen LogP contribution in [-0.2, 0) is 9.59 Å². The fourth-order valence-corrected chi connectivity index (χ4v) is 1.15. The van der Waals surface area contributed by atoms with Crippen molar-refractivity contribution in [2.45, 2.75) is 12.5 Å². The number of carboxylic acid groups (broad SMARTS) is 1. The molecule has 7 heteroatoms. The number of amides is 1. The van der Waals surface area contributed by atoms with E-state index in [1.807, 2.05) is 0 Å². The highest BCUT2D eigenvalue weighted by atomic mass is 16.4. The minimum absolute atomic E-state index is 0.246. The molecular formula is C11H15N3O4. The molecule has 1 rings (SSSR count). The Balaban J connectivity index is 0.000000873. The lowest BCUT2D eigenvalue weighted by Crippen LogP contribution is -2.32. The molecule has 1 atom stereocenters. The van der Waals surface area contributed by atoms with Crippen molar-refractivity contribution in [2.24, 2.45) is 11.5 Å². The van der Waals surface area contributed by atoms with Crippen molar-refractivity contribution < 1.29 is 19.5 Å². The molecule has 0 heterocycles. The number of carboxylic acids is 1. The van der Waals surface area contributed by atoms with Crippen LogP contribution in [0, 0.1) is 0 Å². The van der Waals surface area contributed by atoms with Crippen LogP contribution in [0.25, 0.3) is 0 Å². The molecule has 0 aliphatic heterocycles. The van der Waals surface area contributed by atoms with Gasteiger partial charge in [0.15, 0.2) is 5.78 Å². The lowest BCUT2D eigenvalue weighted by atomic mass is 10.0. The summed E-state index contributed by atoms with van der Waals surface area (Å²) >= 11 is 0. The van der Waals surface area contributed by atoms with Crippen molar-refractivity contribution >= 4 is 23.9 Å². The molecule has 7 nitrogen and oxygen atoms in total. The number of nitrogen functional groups attached to an aromatic ring is 1. The number of Topliss-reactive ketones (excluding diaryl/α,β-unsaturated/α-hetero) is 1. The van der Waals surface area contributed by atoms with E-state index < -0.39 is 12.0 Å². The summed E-state index contributed by atoms with van der Waals surface area (Å²) in [6.45, 7) is 0. The Morgan fingerprint density at radius 2 is 1.83 bits per heavy atom. The largest absolute Gasteiger partial charge is 0.480 e. The first kappa shape index (κ1) is 15.6. The van der Waals surface area contributed by atoms with Gasteiger partial charge < -0.3 is 22.3 Å². The highest BCUT2D eigenvalue weighted by molar-refractivity contribution is 6.02. The topological polar surface area (TPSA) is 150 Å². The fraction of sp³-hybridized carbons (Fsp3) is 0.182. The predicted molar refractivity (Wildman–Crippen MR) is 65.7 cm³/mol. The molecule has 0 aliphatic rings. The van der Waals surface area contributed by atoms with Crippen LogP contribution in [0.2, 0.25) is 0 Å². The molecule has 1 amide bonds. The van der Waals surface area contributed by atoms with E-state index in [9.17, 15) is 9.59 Å². The zero-order chi connectivity index (χ0) is 14.1. The normalized spacial score (nSPS) is 10.7. The monoisotopic (exact) mass is 253 g/mol.